The van der Waals surface area contributed by atoms with Gasteiger partial charge in [-0.15, -0.1) is 11.6 Å². The van der Waals surface area contributed by atoms with Crippen molar-refractivity contribution in [3.05, 3.63) is 65.5 Å². The average molecular weight is 289 g/mol. The van der Waals surface area contributed by atoms with Crippen LogP contribution in [-0.2, 0) is 12.4 Å². The van der Waals surface area contributed by atoms with E-state index in [4.69, 9.17) is 11.6 Å². The fourth-order valence-electron chi connectivity index (χ4n) is 1.98. The van der Waals surface area contributed by atoms with E-state index < -0.39 is 0 Å². The van der Waals surface area contributed by atoms with Gasteiger partial charge in [0.15, 0.2) is 0 Å². The van der Waals surface area contributed by atoms with Gasteiger partial charge in [0.05, 0.1) is 12.2 Å². The summed E-state index contributed by atoms with van der Waals surface area (Å²) in [4.78, 5) is 18.5. The van der Waals surface area contributed by atoms with Crippen LogP contribution in [0.3, 0.4) is 0 Å². The Balaban J connectivity index is 2.16. The van der Waals surface area contributed by atoms with Crippen LogP contribution in [0.15, 0.2) is 48.7 Å². The summed E-state index contributed by atoms with van der Waals surface area (Å²) in [7, 11) is 0. The Kier molecular flexibility index (Phi) is 5.13. The minimum absolute atomic E-state index is 0.00474. The Bertz CT molecular complexity index is 572. The van der Waals surface area contributed by atoms with E-state index >= 15 is 0 Å². The third kappa shape index (κ3) is 3.58. The molecule has 0 unspecified atom stereocenters. The van der Waals surface area contributed by atoms with E-state index in [0.29, 0.717) is 24.5 Å². The van der Waals surface area contributed by atoms with E-state index in [9.17, 15) is 4.79 Å². The Morgan fingerprint density at radius 3 is 2.75 bits per heavy atom. The third-order valence-corrected chi connectivity index (χ3v) is 3.38. The Morgan fingerprint density at radius 2 is 2.10 bits per heavy atom. The highest BCUT2D eigenvalue weighted by molar-refractivity contribution is 6.17. The molecule has 1 aromatic carbocycles. The number of benzene rings is 1. The molecule has 2 aromatic rings. The van der Waals surface area contributed by atoms with Crippen molar-refractivity contribution in [2.24, 2.45) is 0 Å². The molecule has 2 rings (SSSR count). The molecule has 1 heterocycles. The first-order valence-corrected chi connectivity index (χ1v) is 7.12. The zero-order valence-corrected chi connectivity index (χ0v) is 12.2. The zero-order chi connectivity index (χ0) is 14.4. The molecule has 0 aliphatic rings. The molecule has 0 radical (unpaired) electrons. The van der Waals surface area contributed by atoms with Crippen LogP contribution in [0, 0.1) is 0 Å². The number of nitrogens with zero attached hydrogens (tertiary/aromatic N) is 2. The summed E-state index contributed by atoms with van der Waals surface area (Å²) in [5.41, 5.74) is 2.50. The van der Waals surface area contributed by atoms with E-state index in [2.05, 4.69) is 4.98 Å². The normalized spacial score (nSPS) is 10.3. The van der Waals surface area contributed by atoms with Crippen molar-refractivity contribution in [1.29, 1.82) is 0 Å². The smallest absolute Gasteiger partial charge is 0.254 e. The maximum Gasteiger partial charge on any atom is 0.254 e. The highest BCUT2D eigenvalue weighted by Crippen LogP contribution is 2.12. The van der Waals surface area contributed by atoms with Crippen LogP contribution in [0.2, 0.25) is 0 Å². The molecule has 0 fully saturated rings. The molecule has 4 heteroatoms. The molecular weight excluding hydrogens is 272 g/mol. The molecule has 20 heavy (non-hydrogen) atoms. The summed E-state index contributed by atoms with van der Waals surface area (Å²) >= 11 is 5.81. The van der Waals surface area contributed by atoms with Gasteiger partial charge in [0, 0.05) is 24.2 Å². The monoisotopic (exact) mass is 288 g/mol. The highest BCUT2D eigenvalue weighted by Gasteiger charge is 2.15. The first-order chi connectivity index (χ1) is 9.74. The molecule has 1 aromatic heterocycles. The summed E-state index contributed by atoms with van der Waals surface area (Å²) in [6.07, 6.45) is 1.74. The predicted molar refractivity (Wildman–Crippen MR) is 80.7 cm³/mol. The van der Waals surface area contributed by atoms with Crippen LogP contribution in [0.4, 0.5) is 0 Å². The second-order valence-electron chi connectivity index (χ2n) is 4.47. The number of halogens is 1. The lowest BCUT2D eigenvalue weighted by Crippen LogP contribution is -2.30. The zero-order valence-electron chi connectivity index (χ0n) is 11.4. The van der Waals surface area contributed by atoms with E-state index in [0.717, 1.165) is 11.3 Å². The minimum atomic E-state index is 0.00474. The molecule has 0 aliphatic carbocycles. The van der Waals surface area contributed by atoms with Gasteiger partial charge < -0.3 is 4.90 Å². The maximum absolute atomic E-state index is 12.5. The van der Waals surface area contributed by atoms with Crippen LogP contribution in [-0.4, -0.2) is 22.3 Å². The van der Waals surface area contributed by atoms with Crippen LogP contribution in [0.5, 0.6) is 0 Å². The first-order valence-electron chi connectivity index (χ1n) is 6.58. The number of carbonyl (C=O) groups is 1. The number of hydrogen-bond donors (Lipinski definition) is 0. The summed E-state index contributed by atoms with van der Waals surface area (Å²) in [6.45, 7) is 3.12. The molecule has 3 nitrogen and oxygen atoms in total. The number of amides is 1. The van der Waals surface area contributed by atoms with E-state index in [1.165, 1.54) is 0 Å². The van der Waals surface area contributed by atoms with Crippen LogP contribution in [0.25, 0.3) is 0 Å². The Hall–Kier alpha value is -1.87. The summed E-state index contributed by atoms with van der Waals surface area (Å²) in [6, 6.07) is 13.2. The van der Waals surface area contributed by atoms with E-state index in [-0.39, 0.29) is 5.91 Å². The quantitative estimate of drug-likeness (QED) is 0.789. The van der Waals surface area contributed by atoms with Crippen LogP contribution < -0.4 is 0 Å². The van der Waals surface area contributed by atoms with Crippen molar-refractivity contribution in [3.8, 4) is 0 Å². The molecule has 0 atom stereocenters. The van der Waals surface area contributed by atoms with Gasteiger partial charge in [0.2, 0.25) is 0 Å². The van der Waals surface area contributed by atoms with Crippen molar-refractivity contribution in [2.45, 2.75) is 19.3 Å². The number of hydrogen-bond acceptors (Lipinski definition) is 2. The number of alkyl halides is 1. The van der Waals surface area contributed by atoms with Gasteiger partial charge in [0.1, 0.15) is 0 Å². The number of aromatic nitrogens is 1. The van der Waals surface area contributed by atoms with Gasteiger partial charge in [-0.2, -0.15) is 0 Å². The lowest BCUT2D eigenvalue weighted by Gasteiger charge is -2.20. The maximum atomic E-state index is 12.5. The fraction of sp³-hybridized carbons (Fsp3) is 0.250. The standard InChI is InChI=1S/C16H17ClN2O/c1-2-19(12-15-8-3-4-9-18-15)16(20)14-7-5-6-13(10-14)11-17/h3-10H,2,11-12H2,1H3. The van der Waals surface area contributed by atoms with Crippen molar-refractivity contribution in [3.63, 3.8) is 0 Å². The molecular formula is C16H17ClN2O. The molecule has 104 valence electrons. The molecule has 0 saturated carbocycles. The van der Waals surface area contributed by atoms with Crippen LogP contribution in [0.1, 0.15) is 28.5 Å². The minimum Gasteiger partial charge on any atom is -0.333 e. The Labute approximate surface area is 124 Å². The predicted octanol–water partition coefficient (Wildman–Crippen LogP) is 3.48. The van der Waals surface area contributed by atoms with Crippen LogP contribution >= 0.6 is 11.6 Å². The van der Waals surface area contributed by atoms with Crippen molar-refractivity contribution < 1.29 is 4.79 Å². The molecule has 0 aliphatic heterocycles. The van der Waals surface area contributed by atoms with Gasteiger partial charge in [-0.25, -0.2) is 0 Å². The number of rotatable bonds is 5. The lowest BCUT2D eigenvalue weighted by molar-refractivity contribution is 0.0750. The second kappa shape index (κ2) is 7.06. The molecule has 0 saturated heterocycles. The largest absolute Gasteiger partial charge is 0.333 e. The average Bonchev–Trinajstić information content (AvgIpc) is 2.53. The van der Waals surface area contributed by atoms with Gasteiger partial charge in [-0.1, -0.05) is 18.2 Å². The molecule has 0 bridgehead atoms. The lowest BCUT2D eigenvalue weighted by atomic mass is 10.1. The molecule has 0 N–H and O–H groups in total. The second-order valence-corrected chi connectivity index (χ2v) is 4.74. The van der Waals surface area contributed by atoms with E-state index in [1.54, 1.807) is 11.1 Å². The highest BCUT2D eigenvalue weighted by atomic mass is 35.5. The topological polar surface area (TPSA) is 33.2 Å². The summed E-state index contributed by atoms with van der Waals surface area (Å²) in [5, 5.41) is 0. The Morgan fingerprint density at radius 1 is 1.25 bits per heavy atom. The fourth-order valence-corrected chi connectivity index (χ4v) is 2.15. The molecule has 0 spiro atoms. The first kappa shape index (κ1) is 14.5. The summed E-state index contributed by atoms with van der Waals surface area (Å²) in [5.74, 6) is 0.415. The number of carbonyl (C=O) groups excluding carboxylic acids is 1. The van der Waals surface area contributed by atoms with Gasteiger partial charge in [-0.3, -0.25) is 9.78 Å². The summed E-state index contributed by atoms with van der Waals surface area (Å²) < 4.78 is 0. The van der Waals surface area contributed by atoms with Crippen molar-refractivity contribution in [2.75, 3.05) is 6.54 Å². The SMILES string of the molecule is CCN(Cc1ccccn1)C(=O)c1cccc(CCl)c1. The van der Waals surface area contributed by atoms with Crippen molar-refractivity contribution >= 4 is 17.5 Å². The van der Waals surface area contributed by atoms with E-state index in [1.807, 2.05) is 49.4 Å². The third-order valence-electron chi connectivity index (χ3n) is 3.08. The van der Waals surface area contributed by atoms with Gasteiger partial charge in [0.25, 0.3) is 5.91 Å². The molecule has 1 amide bonds. The van der Waals surface area contributed by atoms with Crippen molar-refractivity contribution in [1.82, 2.24) is 9.88 Å². The van der Waals surface area contributed by atoms with Gasteiger partial charge in [-0.05, 0) is 36.8 Å². The van der Waals surface area contributed by atoms with Gasteiger partial charge >= 0.3 is 0 Å². The number of pyridine rings is 1.